The summed E-state index contributed by atoms with van der Waals surface area (Å²) in [5, 5.41) is 6.19. The molecule has 0 radical (unpaired) electrons. The number of amides is 2. The Morgan fingerprint density at radius 3 is 2.42 bits per heavy atom. The van der Waals surface area contributed by atoms with E-state index in [0.29, 0.717) is 12.5 Å². The van der Waals surface area contributed by atoms with Crippen LogP contribution in [0, 0.1) is 11.3 Å². The van der Waals surface area contributed by atoms with Gasteiger partial charge in [0.15, 0.2) is 0 Å². The molecule has 36 heavy (non-hydrogen) atoms. The van der Waals surface area contributed by atoms with E-state index < -0.39 is 0 Å². The molecule has 200 valence electrons. The van der Waals surface area contributed by atoms with Gasteiger partial charge in [-0.15, -0.1) is 0 Å². The van der Waals surface area contributed by atoms with Crippen molar-refractivity contribution < 1.29 is 14.0 Å². The molecule has 0 aromatic carbocycles. The van der Waals surface area contributed by atoms with Gasteiger partial charge in [0, 0.05) is 37.9 Å². The average Bonchev–Trinajstić information content (AvgIpc) is 3.33. The first-order valence-electron chi connectivity index (χ1n) is 13.7. The fourth-order valence-corrected chi connectivity index (χ4v) is 5.64. The SMILES string of the molecule is CC/C=C\C=C(/CC)C1(CNC(C)=O)CCN(C(=O)C2CCN(Cc3ccc(CNC)o3)CC2)CC1. The Morgan fingerprint density at radius 1 is 1.11 bits per heavy atom. The molecule has 0 atom stereocenters. The van der Waals surface area contributed by atoms with Gasteiger partial charge in [-0.3, -0.25) is 14.5 Å². The van der Waals surface area contributed by atoms with E-state index in [2.05, 4.69) is 58.6 Å². The number of allylic oxidation sites excluding steroid dienone is 3. The second-order valence-corrected chi connectivity index (χ2v) is 10.3. The zero-order valence-corrected chi connectivity index (χ0v) is 22.8. The summed E-state index contributed by atoms with van der Waals surface area (Å²) in [5.74, 6) is 2.37. The van der Waals surface area contributed by atoms with Crippen molar-refractivity contribution in [1.82, 2.24) is 20.4 Å². The highest BCUT2D eigenvalue weighted by Crippen LogP contribution is 2.40. The maximum absolute atomic E-state index is 13.4. The summed E-state index contributed by atoms with van der Waals surface area (Å²) in [5.41, 5.74) is 1.30. The lowest BCUT2D eigenvalue weighted by molar-refractivity contribution is -0.139. The molecule has 2 aliphatic rings. The Morgan fingerprint density at radius 2 is 1.81 bits per heavy atom. The van der Waals surface area contributed by atoms with Gasteiger partial charge in [0.05, 0.1) is 13.1 Å². The number of carbonyl (C=O) groups is 2. The van der Waals surface area contributed by atoms with Crippen LogP contribution < -0.4 is 10.6 Å². The summed E-state index contributed by atoms with van der Waals surface area (Å²) in [4.78, 5) is 29.6. The molecule has 1 aromatic rings. The normalized spacial score (nSPS) is 19.7. The van der Waals surface area contributed by atoms with Crippen molar-refractivity contribution >= 4 is 11.8 Å². The molecule has 2 fully saturated rings. The molecule has 0 aliphatic carbocycles. The van der Waals surface area contributed by atoms with Crippen molar-refractivity contribution in [3.63, 3.8) is 0 Å². The van der Waals surface area contributed by atoms with Gasteiger partial charge < -0.3 is 20.0 Å². The lowest BCUT2D eigenvalue weighted by atomic mass is 9.70. The number of hydrogen-bond donors (Lipinski definition) is 2. The predicted octanol–water partition coefficient (Wildman–Crippen LogP) is 4.26. The summed E-state index contributed by atoms with van der Waals surface area (Å²) < 4.78 is 5.90. The van der Waals surface area contributed by atoms with Crippen LogP contribution in [0.3, 0.4) is 0 Å². The van der Waals surface area contributed by atoms with Crippen molar-refractivity contribution in [3.05, 3.63) is 47.5 Å². The second kappa shape index (κ2) is 13.8. The Kier molecular flexibility index (Phi) is 10.8. The summed E-state index contributed by atoms with van der Waals surface area (Å²) in [6.45, 7) is 11.5. The minimum atomic E-state index is -0.0756. The molecule has 2 aliphatic heterocycles. The summed E-state index contributed by atoms with van der Waals surface area (Å²) >= 11 is 0. The van der Waals surface area contributed by atoms with Gasteiger partial charge in [0.1, 0.15) is 11.5 Å². The summed E-state index contributed by atoms with van der Waals surface area (Å²) in [6, 6.07) is 4.09. The number of carbonyl (C=O) groups excluding carboxylic acids is 2. The molecular formula is C29H46N4O3. The maximum Gasteiger partial charge on any atom is 0.225 e. The third-order valence-corrected chi connectivity index (χ3v) is 7.82. The van der Waals surface area contributed by atoms with Crippen molar-refractivity contribution in [1.29, 1.82) is 0 Å². The fourth-order valence-electron chi connectivity index (χ4n) is 5.64. The molecule has 3 rings (SSSR count). The van der Waals surface area contributed by atoms with Crippen LogP contribution in [-0.4, -0.2) is 61.4 Å². The molecule has 0 unspecified atom stereocenters. The van der Waals surface area contributed by atoms with Crippen molar-refractivity contribution in [2.24, 2.45) is 11.3 Å². The van der Waals surface area contributed by atoms with Crippen LogP contribution in [0.15, 0.2) is 40.4 Å². The summed E-state index contributed by atoms with van der Waals surface area (Å²) in [7, 11) is 1.92. The first-order valence-corrected chi connectivity index (χ1v) is 13.7. The number of likely N-dealkylation sites (tertiary alicyclic amines) is 2. The largest absolute Gasteiger partial charge is 0.463 e. The number of nitrogens with one attached hydrogen (secondary N) is 2. The lowest BCUT2D eigenvalue weighted by Gasteiger charge is -2.45. The van der Waals surface area contributed by atoms with Crippen LogP contribution in [-0.2, 0) is 22.7 Å². The van der Waals surface area contributed by atoms with Gasteiger partial charge in [-0.1, -0.05) is 37.6 Å². The predicted molar refractivity (Wildman–Crippen MR) is 144 cm³/mol. The van der Waals surface area contributed by atoms with Gasteiger partial charge in [-0.25, -0.2) is 0 Å². The lowest BCUT2D eigenvalue weighted by Crippen LogP contribution is -2.50. The van der Waals surface area contributed by atoms with Crippen LogP contribution in [0.4, 0.5) is 0 Å². The average molecular weight is 499 g/mol. The van der Waals surface area contributed by atoms with E-state index in [9.17, 15) is 9.59 Å². The molecular weight excluding hydrogens is 452 g/mol. The topological polar surface area (TPSA) is 77.8 Å². The van der Waals surface area contributed by atoms with Gasteiger partial charge in [-0.05, 0) is 70.8 Å². The Balaban J connectivity index is 1.55. The maximum atomic E-state index is 13.4. The van der Waals surface area contributed by atoms with Crippen LogP contribution in [0.2, 0.25) is 0 Å². The fraction of sp³-hybridized carbons (Fsp3) is 0.655. The number of furan rings is 1. The van der Waals surface area contributed by atoms with Crippen LogP contribution in [0.1, 0.15) is 70.8 Å². The van der Waals surface area contributed by atoms with E-state index in [4.69, 9.17) is 4.42 Å². The standard InChI is InChI=1S/C29H46N4O3/c1-5-7-8-9-25(6-2)29(22-31-23(3)34)14-18-33(19-15-29)28(35)24-12-16-32(17-13-24)21-27-11-10-26(36-27)20-30-4/h7-11,24,30H,5-6,12-22H2,1-4H3,(H,31,34)/b8-7-,25-9+. The minimum absolute atomic E-state index is 0.00648. The highest BCUT2D eigenvalue weighted by Gasteiger charge is 2.39. The van der Waals surface area contributed by atoms with E-state index in [1.54, 1.807) is 6.92 Å². The van der Waals surface area contributed by atoms with Gasteiger partial charge in [-0.2, -0.15) is 0 Å². The van der Waals surface area contributed by atoms with Crippen LogP contribution in [0.25, 0.3) is 0 Å². The number of piperidine rings is 2. The quantitative estimate of drug-likeness (QED) is 0.446. The van der Waals surface area contributed by atoms with Gasteiger partial charge >= 0.3 is 0 Å². The van der Waals surface area contributed by atoms with Crippen molar-refractivity contribution in [2.45, 2.75) is 72.4 Å². The molecule has 7 nitrogen and oxygen atoms in total. The van der Waals surface area contributed by atoms with Crippen LogP contribution >= 0.6 is 0 Å². The van der Waals surface area contributed by atoms with E-state index in [1.165, 1.54) is 5.57 Å². The zero-order valence-electron chi connectivity index (χ0n) is 22.8. The molecule has 7 heteroatoms. The van der Waals surface area contributed by atoms with Gasteiger partial charge in [0.2, 0.25) is 11.8 Å². The second-order valence-electron chi connectivity index (χ2n) is 10.3. The highest BCUT2D eigenvalue weighted by molar-refractivity contribution is 5.79. The van der Waals surface area contributed by atoms with E-state index >= 15 is 0 Å². The molecule has 3 heterocycles. The monoisotopic (exact) mass is 498 g/mol. The van der Waals surface area contributed by atoms with E-state index in [1.807, 2.05) is 13.1 Å². The molecule has 2 N–H and O–H groups in total. The molecule has 2 amide bonds. The third kappa shape index (κ3) is 7.56. The number of hydrogen-bond acceptors (Lipinski definition) is 5. The highest BCUT2D eigenvalue weighted by atomic mass is 16.3. The third-order valence-electron chi connectivity index (χ3n) is 7.82. The Hall–Kier alpha value is -2.38. The zero-order chi connectivity index (χ0) is 26.0. The van der Waals surface area contributed by atoms with Crippen LogP contribution in [0.5, 0.6) is 0 Å². The Labute approximate surface area is 217 Å². The first-order chi connectivity index (χ1) is 17.4. The molecule has 0 bridgehead atoms. The molecule has 2 saturated heterocycles. The number of rotatable bonds is 11. The Bertz CT molecular complexity index is 903. The first kappa shape index (κ1) is 28.2. The smallest absolute Gasteiger partial charge is 0.225 e. The molecule has 0 saturated carbocycles. The molecule has 0 spiro atoms. The van der Waals surface area contributed by atoms with E-state index in [-0.39, 0.29) is 17.2 Å². The van der Waals surface area contributed by atoms with Crippen molar-refractivity contribution in [3.8, 4) is 0 Å². The minimum Gasteiger partial charge on any atom is -0.463 e. The summed E-state index contributed by atoms with van der Waals surface area (Å²) in [6.07, 6.45) is 12.1. The number of nitrogens with zero attached hydrogens (tertiary/aromatic N) is 2. The van der Waals surface area contributed by atoms with Gasteiger partial charge in [0.25, 0.3) is 0 Å². The molecule has 1 aromatic heterocycles. The van der Waals surface area contributed by atoms with Crippen molar-refractivity contribution in [2.75, 3.05) is 39.8 Å². The van der Waals surface area contributed by atoms with E-state index in [0.717, 1.165) is 89.3 Å².